The molecule has 0 bridgehead atoms. The number of likely N-dealkylation sites (tertiary alicyclic amines) is 1. The molecule has 0 atom stereocenters. The largest absolute Gasteiger partial charge is 0.343 e. The standard InChI is InChI=1S/C31H45N3O4S/c1-3-5-6-7-14-19-30(35)32-23-20-28(21-24-32)34(25-27-15-10-8-11-16-27)31(36)26-33(22-4-2)39(37,38)29-17-12-9-13-18-29/h8-13,15-18,28H,3-7,14,19-26H2,1-2H3. The molecule has 0 saturated carbocycles. The van der Waals surface area contributed by atoms with Gasteiger partial charge in [0.15, 0.2) is 0 Å². The van der Waals surface area contributed by atoms with Crippen LogP contribution < -0.4 is 0 Å². The van der Waals surface area contributed by atoms with Crippen molar-refractivity contribution in [3.63, 3.8) is 0 Å². The van der Waals surface area contributed by atoms with Crippen molar-refractivity contribution in [2.24, 2.45) is 0 Å². The number of hydrogen-bond acceptors (Lipinski definition) is 4. The van der Waals surface area contributed by atoms with Crippen molar-refractivity contribution in [1.82, 2.24) is 14.1 Å². The molecule has 0 radical (unpaired) electrons. The van der Waals surface area contributed by atoms with Crippen molar-refractivity contribution in [2.45, 2.75) is 89.1 Å². The molecule has 7 nitrogen and oxygen atoms in total. The Morgan fingerprint density at radius 2 is 1.46 bits per heavy atom. The Bertz CT molecular complexity index is 1120. The summed E-state index contributed by atoms with van der Waals surface area (Å²) in [6.45, 7) is 5.83. The summed E-state index contributed by atoms with van der Waals surface area (Å²) in [6.07, 6.45) is 8.19. The van der Waals surface area contributed by atoms with Gasteiger partial charge >= 0.3 is 0 Å². The maximum atomic E-state index is 13.8. The molecular weight excluding hydrogens is 510 g/mol. The van der Waals surface area contributed by atoms with E-state index in [1.165, 1.54) is 23.6 Å². The summed E-state index contributed by atoms with van der Waals surface area (Å²) in [6, 6.07) is 18.1. The van der Waals surface area contributed by atoms with Gasteiger partial charge in [0, 0.05) is 38.6 Å². The zero-order valence-corrected chi connectivity index (χ0v) is 24.4. The number of sulfonamides is 1. The lowest BCUT2D eigenvalue weighted by Crippen LogP contribution is -2.51. The predicted molar refractivity (Wildman–Crippen MR) is 155 cm³/mol. The average Bonchev–Trinajstić information content (AvgIpc) is 2.96. The van der Waals surface area contributed by atoms with Crippen molar-refractivity contribution in [3.8, 4) is 0 Å². The summed E-state index contributed by atoms with van der Waals surface area (Å²) in [7, 11) is -3.80. The fourth-order valence-electron chi connectivity index (χ4n) is 5.18. The molecule has 1 aliphatic rings. The highest BCUT2D eigenvalue weighted by atomic mass is 32.2. The van der Waals surface area contributed by atoms with Crippen LogP contribution in [0.25, 0.3) is 0 Å². The molecule has 0 unspecified atom stereocenters. The third-order valence-corrected chi connectivity index (χ3v) is 9.29. The number of carbonyl (C=O) groups excluding carboxylic acids is 2. The highest BCUT2D eigenvalue weighted by molar-refractivity contribution is 7.89. The maximum Gasteiger partial charge on any atom is 0.243 e. The fraction of sp³-hybridized carbons (Fsp3) is 0.548. The second-order valence-corrected chi connectivity index (χ2v) is 12.4. The zero-order chi connectivity index (χ0) is 28.1. The molecule has 0 spiro atoms. The van der Waals surface area contributed by atoms with Crippen LogP contribution in [-0.2, 0) is 26.2 Å². The lowest BCUT2D eigenvalue weighted by molar-refractivity contribution is -0.137. The van der Waals surface area contributed by atoms with Gasteiger partial charge in [0.1, 0.15) is 0 Å². The third-order valence-electron chi connectivity index (χ3n) is 7.43. The van der Waals surface area contributed by atoms with E-state index in [1.54, 1.807) is 30.3 Å². The molecule has 2 aromatic carbocycles. The predicted octanol–water partition coefficient (Wildman–Crippen LogP) is 5.47. The summed E-state index contributed by atoms with van der Waals surface area (Å²) < 4.78 is 28.1. The second kappa shape index (κ2) is 15.8. The molecule has 2 amide bonds. The summed E-state index contributed by atoms with van der Waals surface area (Å²) in [5, 5.41) is 0. The molecule has 39 heavy (non-hydrogen) atoms. The van der Waals surface area contributed by atoms with Gasteiger partial charge in [0.2, 0.25) is 21.8 Å². The van der Waals surface area contributed by atoms with Gasteiger partial charge in [-0.25, -0.2) is 8.42 Å². The van der Waals surface area contributed by atoms with E-state index in [0.717, 1.165) is 18.4 Å². The summed E-state index contributed by atoms with van der Waals surface area (Å²) in [5.41, 5.74) is 1.00. The van der Waals surface area contributed by atoms with Crippen LogP contribution in [0.1, 0.15) is 77.2 Å². The van der Waals surface area contributed by atoms with E-state index in [-0.39, 0.29) is 35.8 Å². The molecule has 1 fully saturated rings. The van der Waals surface area contributed by atoms with E-state index >= 15 is 0 Å². The van der Waals surface area contributed by atoms with Crippen LogP contribution in [0.2, 0.25) is 0 Å². The van der Waals surface area contributed by atoms with Crippen molar-refractivity contribution in [2.75, 3.05) is 26.2 Å². The molecule has 0 aliphatic carbocycles. The minimum Gasteiger partial charge on any atom is -0.343 e. The van der Waals surface area contributed by atoms with E-state index in [9.17, 15) is 18.0 Å². The van der Waals surface area contributed by atoms with Crippen LogP contribution >= 0.6 is 0 Å². The van der Waals surface area contributed by atoms with E-state index in [0.29, 0.717) is 45.3 Å². The van der Waals surface area contributed by atoms with Crippen molar-refractivity contribution >= 4 is 21.8 Å². The average molecular weight is 556 g/mol. The minimum absolute atomic E-state index is 0.0470. The second-order valence-electron chi connectivity index (χ2n) is 10.4. The van der Waals surface area contributed by atoms with E-state index in [4.69, 9.17) is 0 Å². The Morgan fingerprint density at radius 1 is 0.846 bits per heavy atom. The molecule has 8 heteroatoms. The van der Waals surface area contributed by atoms with Crippen LogP contribution in [0.5, 0.6) is 0 Å². The topological polar surface area (TPSA) is 78.0 Å². The Labute approximate surface area is 235 Å². The number of benzene rings is 2. The first-order valence-electron chi connectivity index (χ1n) is 14.5. The van der Waals surface area contributed by atoms with Gasteiger partial charge in [0.25, 0.3) is 0 Å². The van der Waals surface area contributed by atoms with Crippen molar-refractivity contribution in [3.05, 3.63) is 66.2 Å². The highest BCUT2D eigenvalue weighted by Crippen LogP contribution is 2.22. The number of piperidine rings is 1. The van der Waals surface area contributed by atoms with Gasteiger partial charge in [0.05, 0.1) is 11.4 Å². The van der Waals surface area contributed by atoms with E-state index in [1.807, 2.05) is 47.1 Å². The molecular formula is C31H45N3O4S. The van der Waals surface area contributed by atoms with E-state index < -0.39 is 10.0 Å². The number of hydrogen-bond donors (Lipinski definition) is 0. The van der Waals surface area contributed by atoms with Gasteiger partial charge in [-0.15, -0.1) is 0 Å². The summed E-state index contributed by atoms with van der Waals surface area (Å²) in [4.78, 5) is 30.5. The third kappa shape index (κ3) is 9.17. The molecule has 1 aliphatic heterocycles. The fourth-order valence-corrected chi connectivity index (χ4v) is 6.69. The molecule has 0 N–H and O–H groups in total. The summed E-state index contributed by atoms with van der Waals surface area (Å²) in [5.74, 6) is 0.00136. The molecule has 214 valence electrons. The quantitative estimate of drug-likeness (QED) is 0.273. The van der Waals surface area contributed by atoms with Gasteiger partial charge in [-0.1, -0.05) is 88.1 Å². The van der Waals surface area contributed by atoms with Crippen LogP contribution in [-0.4, -0.2) is 66.6 Å². The van der Waals surface area contributed by atoms with Gasteiger partial charge in [-0.05, 0) is 43.4 Å². The minimum atomic E-state index is -3.80. The highest BCUT2D eigenvalue weighted by Gasteiger charge is 2.33. The number of unbranched alkanes of at least 4 members (excludes halogenated alkanes) is 4. The lowest BCUT2D eigenvalue weighted by atomic mass is 10.0. The van der Waals surface area contributed by atoms with Gasteiger partial charge in [-0.2, -0.15) is 4.31 Å². The van der Waals surface area contributed by atoms with Crippen LogP contribution in [0.4, 0.5) is 0 Å². The normalized spacial score (nSPS) is 14.5. The van der Waals surface area contributed by atoms with Crippen molar-refractivity contribution in [1.29, 1.82) is 0 Å². The van der Waals surface area contributed by atoms with Crippen molar-refractivity contribution < 1.29 is 18.0 Å². The molecule has 2 aromatic rings. The number of amides is 2. The summed E-state index contributed by atoms with van der Waals surface area (Å²) >= 11 is 0. The first-order valence-corrected chi connectivity index (χ1v) is 16.0. The number of rotatable bonds is 15. The van der Waals surface area contributed by atoms with E-state index in [2.05, 4.69) is 6.92 Å². The SMILES string of the molecule is CCCCCCCC(=O)N1CCC(N(Cc2ccccc2)C(=O)CN(CCC)S(=O)(=O)c2ccccc2)CC1. The first kappa shape index (κ1) is 30.8. The molecule has 0 aromatic heterocycles. The number of carbonyl (C=O) groups is 2. The van der Waals surface area contributed by atoms with Crippen LogP contribution in [0.3, 0.4) is 0 Å². The Morgan fingerprint density at radius 3 is 2.08 bits per heavy atom. The number of nitrogens with zero attached hydrogens (tertiary/aromatic N) is 3. The Kier molecular flexibility index (Phi) is 12.5. The molecule has 3 rings (SSSR count). The zero-order valence-electron chi connectivity index (χ0n) is 23.6. The monoisotopic (exact) mass is 555 g/mol. The Balaban J connectivity index is 1.69. The molecule has 1 saturated heterocycles. The van der Waals surface area contributed by atoms with Gasteiger partial charge in [-0.3, -0.25) is 9.59 Å². The van der Waals surface area contributed by atoms with Crippen LogP contribution in [0, 0.1) is 0 Å². The lowest BCUT2D eigenvalue weighted by Gasteiger charge is -2.39. The van der Waals surface area contributed by atoms with Gasteiger partial charge < -0.3 is 9.80 Å². The first-order chi connectivity index (χ1) is 18.9. The van der Waals surface area contributed by atoms with Crippen LogP contribution in [0.15, 0.2) is 65.6 Å². The maximum absolute atomic E-state index is 13.8. The molecule has 1 heterocycles. The Hall–Kier alpha value is -2.71. The smallest absolute Gasteiger partial charge is 0.243 e.